The van der Waals surface area contributed by atoms with Crippen LogP contribution >= 0.6 is 11.3 Å². The number of amides is 1. The number of rotatable bonds is 4. The first-order chi connectivity index (χ1) is 12.7. The summed E-state index contributed by atoms with van der Waals surface area (Å²) in [4.78, 5) is 27.4. The van der Waals surface area contributed by atoms with Crippen LogP contribution in [0.25, 0.3) is 10.2 Å². The molecule has 0 bridgehead atoms. The van der Waals surface area contributed by atoms with Crippen LogP contribution in [0.5, 0.6) is 11.8 Å². The van der Waals surface area contributed by atoms with E-state index >= 15 is 0 Å². The van der Waals surface area contributed by atoms with Gasteiger partial charge in [-0.05, 0) is 25.0 Å². The van der Waals surface area contributed by atoms with E-state index in [0.29, 0.717) is 29.9 Å². The van der Waals surface area contributed by atoms with Gasteiger partial charge in [0, 0.05) is 6.54 Å². The van der Waals surface area contributed by atoms with E-state index < -0.39 is 0 Å². The smallest absolute Gasteiger partial charge is 0.282 e. The Balaban J connectivity index is 1.46. The zero-order valence-corrected chi connectivity index (χ0v) is 15.1. The maximum absolute atomic E-state index is 12.8. The number of nitrogens with zero attached hydrogens (tertiary/aromatic N) is 4. The molecule has 1 atom stereocenters. The van der Waals surface area contributed by atoms with Crippen molar-refractivity contribution in [2.75, 3.05) is 20.2 Å². The molecule has 1 saturated heterocycles. The lowest BCUT2D eigenvalue weighted by molar-refractivity contribution is 0.0525. The maximum atomic E-state index is 12.8. The fourth-order valence-electron chi connectivity index (χ4n) is 2.97. The molecule has 0 unspecified atom stereocenters. The highest BCUT2D eigenvalue weighted by molar-refractivity contribution is 7.20. The lowest BCUT2D eigenvalue weighted by atomic mass is 10.1. The van der Waals surface area contributed by atoms with Crippen LogP contribution in [-0.2, 0) is 0 Å². The third-order valence-electron chi connectivity index (χ3n) is 4.23. The maximum Gasteiger partial charge on any atom is 0.282 e. The number of hydrogen-bond donors (Lipinski definition) is 0. The number of benzene rings is 1. The molecule has 0 N–H and O–H groups in total. The Morgan fingerprint density at radius 2 is 2.08 bits per heavy atom. The largest absolute Gasteiger partial charge is 0.480 e. The first-order valence-corrected chi connectivity index (χ1v) is 9.22. The average molecular weight is 370 g/mol. The number of piperidine rings is 1. The topological polar surface area (TPSA) is 77.4 Å². The number of ether oxygens (including phenoxy) is 2. The third-order valence-corrected chi connectivity index (χ3v) is 5.25. The van der Waals surface area contributed by atoms with Crippen LogP contribution in [0, 0.1) is 0 Å². The van der Waals surface area contributed by atoms with Crippen molar-refractivity contribution in [3.63, 3.8) is 0 Å². The predicted octanol–water partition coefficient (Wildman–Crippen LogP) is 2.78. The molecule has 1 aliphatic heterocycles. The number of likely N-dealkylation sites (tertiary alicyclic amines) is 1. The summed E-state index contributed by atoms with van der Waals surface area (Å²) in [6.07, 6.45) is 4.69. The Morgan fingerprint density at radius 1 is 1.23 bits per heavy atom. The fourth-order valence-corrected chi connectivity index (χ4v) is 3.91. The van der Waals surface area contributed by atoms with Crippen LogP contribution in [0.2, 0.25) is 0 Å². The Kier molecular flexibility index (Phi) is 4.66. The lowest BCUT2D eigenvalue weighted by Crippen LogP contribution is -2.44. The molecule has 0 aliphatic carbocycles. The second kappa shape index (κ2) is 7.25. The monoisotopic (exact) mass is 370 g/mol. The van der Waals surface area contributed by atoms with Crippen molar-refractivity contribution in [3.05, 3.63) is 41.7 Å². The van der Waals surface area contributed by atoms with Crippen molar-refractivity contribution in [1.29, 1.82) is 0 Å². The molecular formula is C18H18N4O3S. The van der Waals surface area contributed by atoms with E-state index in [1.165, 1.54) is 24.6 Å². The molecule has 1 amide bonds. The SMILES string of the molecule is COc1cncc(O[C@@H]2CCCN(C(=O)c3nc4ccccc4s3)C2)n1. The number of carbonyl (C=O) groups excluding carboxylic acids is 1. The van der Waals surface area contributed by atoms with Gasteiger partial charge in [0.05, 0.1) is 36.3 Å². The number of fused-ring (bicyclic) bond motifs is 1. The number of methoxy groups -OCH3 is 1. The van der Waals surface area contributed by atoms with Gasteiger partial charge >= 0.3 is 0 Å². The molecule has 1 aromatic carbocycles. The molecule has 2 aromatic heterocycles. The average Bonchev–Trinajstić information content (AvgIpc) is 3.12. The van der Waals surface area contributed by atoms with Crippen LogP contribution in [0.15, 0.2) is 36.7 Å². The molecule has 4 rings (SSSR count). The summed E-state index contributed by atoms with van der Waals surface area (Å²) in [7, 11) is 1.53. The third kappa shape index (κ3) is 3.45. The van der Waals surface area contributed by atoms with Crippen LogP contribution in [0.4, 0.5) is 0 Å². The highest BCUT2D eigenvalue weighted by Gasteiger charge is 2.27. The zero-order valence-electron chi connectivity index (χ0n) is 14.3. The zero-order chi connectivity index (χ0) is 17.9. The number of aromatic nitrogens is 3. The van der Waals surface area contributed by atoms with Crippen molar-refractivity contribution < 1.29 is 14.3 Å². The molecule has 1 aliphatic rings. The summed E-state index contributed by atoms with van der Waals surface area (Å²) in [5.41, 5.74) is 0.859. The van der Waals surface area contributed by atoms with Gasteiger partial charge < -0.3 is 14.4 Å². The Hall–Kier alpha value is -2.74. The van der Waals surface area contributed by atoms with E-state index in [1.54, 1.807) is 11.1 Å². The Labute approximate surface area is 154 Å². The minimum Gasteiger partial charge on any atom is -0.480 e. The Bertz CT molecular complexity index is 896. The minimum atomic E-state index is -0.122. The summed E-state index contributed by atoms with van der Waals surface area (Å²) in [5.74, 6) is 0.764. The molecule has 0 saturated carbocycles. The first kappa shape index (κ1) is 16.7. The Morgan fingerprint density at radius 3 is 2.92 bits per heavy atom. The molecule has 1 fully saturated rings. The number of para-hydroxylation sites is 1. The molecule has 3 heterocycles. The fraction of sp³-hybridized carbons (Fsp3) is 0.333. The van der Waals surface area contributed by atoms with Gasteiger partial charge in [0.2, 0.25) is 11.8 Å². The molecule has 3 aromatic rings. The summed E-state index contributed by atoms with van der Waals surface area (Å²) < 4.78 is 12.0. The molecule has 134 valence electrons. The second-order valence-corrected chi connectivity index (χ2v) is 7.05. The molecular weight excluding hydrogens is 352 g/mol. The predicted molar refractivity (Wildman–Crippen MR) is 97.8 cm³/mol. The molecule has 8 heteroatoms. The van der Waals surface area contributed by atoms with E-state index in [2.05, 4.69) is 15.0 Å². The van der Waals surface area contributed by atoms with Crippen LogP contribution in [0.1, 0.15) is 22.6 Å². The van der Waals surface area contributed by atoms with Crippen molar-refractivity contribution in [3.8, 4) is 11.8 Å². The molecule has 7 nitrogen and oxygen atoms in total. The van der Waals surface area contributed by atoms with Crippen molar-refractivity contribution in [2.24, 2.45) is 0 Å². The van der Waals surface area contributed by atoms with E-state index in [0.717, 1.165) is 23.1 Å². The number of hydrogen-bond acceptors (Lipinski definition) is 7. The quantitative estimate of drug-likeness (QED) is 0.703. The van der Waals surface area contributed by atoms with E-state index in [4.69, 9.17) is 9.47 Å². The minimum absolute atomic E-state index is 0.0452. The summed E-state index contributed by atoms with van der Waals surface area (Å²) in [6.45, 7) is 1.21. The molecule has 26 heavy (non-hydrogen) atoms. The van der Waals surface area contributed by atoms with Crippen molar-refractivity contribution in [2.45, 2.75) is 18.9 Å². The second-order valence-electron chi connectivity index (χ2n) is 6.02. The summed E-state index contributed by atoms with van der Waals surface area (Å²) in [5, 5.41) is 0.521. The number of thiazole rings is 1. The standard InChI is InChI=1S/C18H18N4O3S/c1-24-15-9-19-10-16(21-15)25-12-5-4-8-22(11-12)18(23)17-20-13-6-2-3-7-14(13)26-17/h2-3,6-7,9-10,12H,4-5,8,11H2,1H3/t12-/m1/s1. The van der Waals surface area contributed by atoms with Gasteiger partial charge in [-0.15, -0.1) is 11.3 Å². The van der Waals surface area contributed by atoms with Gasteiger partial charge in [-0.1, -0.05) is 12.1 Å². The van der Waals surface area contributed by atoms with Gasteiger partial charge in [0.15, 0.2) is 5.01 Å². The molecule has 0 radical (unpaired) electrons. The van der Waals surface area contributed by atoms with E-state index in [9.17, 15) is 4.79 Å². The summed E-state index contributed by atoms with van der Waals surface area (Å²) >= 11 is 1.43. The number of carbonyl (C=O) groups is 1. The highest BCUT2D eigenvalue weighted by Crippen LogP contribution is 2.25. The summed E-state index contributed by atoms with van der Waals surface area (Å²) in [6, 6.07) is 7.78. The molecule has 0 spiro atoms. The highest BCUT2D eigenvalue weighted by atomic mass is 32.1. The van der Waals surface area contributed by atoms with Crippen molar-refractivity contribution >= 4 is 27.5 Å². The van der Waals surface area contributed by atoms with Gasteiger partial charge in [0.1, 0.15) is 6.10 Å². The lowest BCUT2D eigenvalue weighted by Gasteiger charge is -2.32. The van der Waals surface area contributed by atoms with Crippen LogP contribution in [0.3, 0.4) is 0 Å². The normalized spacial score (nSPS) is 17.3. The van der Waals surface area contributed by atoms with E-state index in [1.807, 2.05) is 24.3 Å². The van der Waals surface area contributed by atoms with Gasteiger partial charge in [-0.2, -0.15) is 4.98 Å². The van der Waals surface area contributed by atoms with Crippen molar-refractivity contribution in [1.82, 2.24) is 19.9 Å². The van der Waals surface area contributed by atoms with Gasteiger partial charge in [-0.25, -0.2) is 4.98 Å². The van der Waals surface area contributed by atoms with Gasteiger partial charge in [-0.3, -0.25) is 9.78 Å². The first-order valence-electron chi connectivity index (χ1n) is 8.40. The van der Waals surface area contributed by atoms with E-state index in [-0.39, 0.29) is 12.0 Å². The van der Waals surface area contributed by atoms with Crippen LogP contribution < -0.4 is 9.47 Å². The van der Waals surface area contributed by atoms with Gasteiger partial charge in [0.25, 0.3) is 5.91 Å². The van der Waals surface area contributed by atoms with Crippen LogP contribution in [-0.4, -0.2) is 52.1 Å².